The third-order valence-electron chi connectivity index (χ3n) is 2.95. The molecule has 0 radical (unpaired) electrons. The van der Waals surface area contributed by atoms with Gasteiger partial charge in [-0.1, -0.05) is 31.5 Å². The number of aromatic nitrogens is 2. The molecule has 0 saturated carbocycles. The minimum absolute atomic E-state index is 0.224. The molecule has 2 aromatic rings. The molecule has 102 valence electrons. The Kier molecular flexibility index (Phi) is 4.22. The van der Waals surface area contributed by atoms with E-state index >= 15 is 0 Å². The van der Waals surface area contributed by atoms with E-state index in [9.17, 15) is 4.39 Å². The Balaban J connectivity index is 2.62. The molecule has 5 heteroatoms. The summed E-state index contributed by atoms with van der Waals surface area (Å²) in [6.07, 6.45) is 1.76. The molecule has 3 nitrogen and oxygen atoms in total. The van der Waals surface area contributed by atoms with E-state index in [1.807, 2.05) is 7.05 Å². The van der Waals surface area contributed by atoms with Crippen LogP contribution < -0.4 is 5.32 Å². The first-order valence-corrected chi connectivity index (χ1v) is 6.59. The number of hydrogen-bond donors (Lipinski definition) is 1. The minimum Gasteiger partial charge on any atom is -0.316 e. The van der Waals surface area contributed by atoms with Gasteiger partial charge in [0.15, 0.2) is 0 Å². The van der Waals surface area contributed by atoms with Crippen molar-refractivity contribution in [2.75, 3.05) is 7.05 Å². The topological polar surface area (TPSA) is 29.9 Å². The third kappa shape index (κ3) is 2.65. The second-order valence-corrected chi connectivity index (χ2v) is 5.13. The molecule has 0 spiro atoms. The number of hydrogen-bond acceptors (Lipinski definition) is 2. The highest BCUT2D eigenvalue weighted by Gasteiger charge is 2.19. The molecule has 0 bridgehead atoms. The van der Waals surface area contributed by atoms with Gasteiger partial charge in [-0.15, -0.1) is 0 Å². The molecular weight excluding hydrogens is 265 g/mol. The second kappa shape index (κ2) is 5.72. The van der Waals surface area contributed by atoms with Gasteiger partial charge in [-0.3, -0.25) is 0 Å². The molecule has 0 fully saturated rings. The lowest BCUT2D eigenvalue weighted by Gasteiger charge is -2.14. The van der Waals surface area contributed by atoms with Crippen LogP contribution in [0.4, 0.5) is 4.39 Å². The molecule has 0 saturated heterocycles. The Labute approximate surface area is 117 Å². The van der Waals surface area contributed by atoms with E-state index in [1.54, 1.807) is 23.0 Å². The number of nitrogens with one attached hydrogen (secondary N) is 1. The number of para-hydroxylation sites is 1. The largest absolute Gasteiger partial charge is 0.316 e. The van der Waals surface area contributed by atoms with Crippen LogP contribution >= 0.6 is 11.6 Å². The van der Waals surface area contributed by atoms with Crippen LogP contribution in [-0.4, -0.2) is 16.8 Å². The predicted octanol–water partition coefficient (Wildman–Crippen LogP) is 3.51. The molecule has 2 rings (SSSR count). The maximum atomic E-state index is 14.0. The molecule has 19 heavy (non-hydrogen) atoms. The Morgan fingerprint density at radius 3 is 2.74 bits per heavy atom. The minimum atomic E-state index is -0.367. The lowest BCUT2D eigenvalue weighted by Crippen LogP contribution is -2.11. The zero-order valence-electron chi connectivity index (χ0n) is 11.2. The first-order chi connectivity index (χ1) is 9.06. The standard InChI is InChI=1S/C14H17ClFN3/c1-9(2)13-10(7-17-3)8-18-19(13)14-11(15)5-4-6-12(14)16/h4-6,8-9,17H,7H2,1-3H3. The highest BCUT2D eigenvalue weighted by molar-refractivity contribution is 6.32. The summed E-state index contributed by atoms with van der Waals surface area (Å²) >= 11 is 6.11. The molecule has 1 heterocycles. The normalized spacial score (nSPS) is 11.3. The number of nitrogens with zero attached hydrogens (tertiary/aromatic N) is 2. The average Bonchev–Trinajstić information content (AvgIpc) is 2.73. The van der Waals surface area contributed by atoms with Crippen molar-refractivity contribution in [3.05, 3.63) is 46.5 Å². The van der Waals surface area contributed by atoms with Crippen molar-refractivity contribution in [2.24, 2.45) is 0 Å². The summed E-state index contributed by atoms with van der Waals surface area (Å²) in [5.74, 6) is -0.143. The average molecular weight is 282 g/mol. The van der Waals surface area contributed by atoms with E-state index in [2.05, 4.69) is 24.3 Å². The number of benzene rings is 1. The van der Waals surface area contributed by atoms with Gasteiger partial charge >= 0.3 is 0 Å². The van der Waals surface area contributed by atoms with Crippen molar-refractivity contribution in [3.63, 3.8) is 0 Å². The lowest BCUT2D eigenvalue weighted by molar-refractivity contribution is 0.601. The van der Waals surface area contributed by atoms with Gasteiger partial charge in [0.2, 0.25) is 0 Å². The summed E-state index contributed by atoms with van der Waals surface area (Å²) < 4.78 is 15.6. The number of halogens is 2. The van der Waals surface area contributed by atoms with Crippen LogP contribution in [0.25, 0.3) is 5.69 Å². The second-order valence-electron chi connectivity index (χ2n) is 4.72. The van der Waals surface area contributed by atoms with Gasteiger partial charge in [0.05, 0.1) is 16.9 Å². The molecular formula is C14H17ClFN3. The zero-order chi connectivity index (χ0) is 14.0. The first kappa shape index (κ1) is 14.0. The summed E-state index contributed by atoms with van der Waals surface area (Å²) in [6.45, 7) is 4.81. The van der Waals surface area contributed by atoms with Crippen molar-refractivity contribution in [2.45, 2.75) is 26.3 Å². The molecule has 0 unspecified atom stereocenters. The molecule has 0 aliphatic carbocycles. The fourth-order valence-corrected chi connectivity index (χ4v) is 2.45. The summed E-state index contributed by atoms with van der Waals surface area (Å²) in [5, 5.41) is 7.76. The highest BCUT2D eigenvalue weighted by Crippen LogP contribution is 2.28. The van der Waals surface area contributed by atoms with E-state index in [0.29, 0.717) is 17.3 Å². The maximum absolute atomic E-state index is 14.0. The van der Waals surface area contributed by atoms with Crippen LogP contribution in [0.2, 0.25) is 5.02 Å². The molecule has 0 aliphatic heterocycles. The van der Waals surface area contributed by atoms with Crippen LogP contribution in [0, 0.1) is 5.82 Å². The highest BCUT2D eigenvalue weighted by atomic mass is 35.5. The van der Waals surface area contributed by atoms with Crippen molar-refractivity contribution in [1.29, 1.82) is 0 Å². The van der Waals surface area contributed by atoms with E-state index in [-0.39, 0.29) is 11.7 Å². The predicted molar refractivity (Wildman–Crippen MR) is 75.4 cm³/mol. The van der Waals surface area contributed by atoms with Crippen LogP contribution in [0.3, 0.4) is 0 Å². The van der Waals surface area contributed by atoms with Gasteiger partial charge in [-0.2, -0.15) is 5.10 Å². The molecule has 0 amide bonds. The molecule has 1 N–H and O–H groups in total. The summed E-state index contributed by atoms with van der Waals surface area (Å²) in [7, 11) is 1.87. The smallest absolute Gasteiger partial charge is 0.150 e. The van der Waals surface area contributed by atoms with Crippen molar-refractivity contribution in [1.82, 2.24) is 15.1 Å². The van der Waals surface area contributed by atoms with Gasteiger partial charge in [-0.25, -0.2) is 9.07 Å². The van der Waals surface area contributed by atoms with Crippen LogP contribution in [0.5, 0.6) is 0 Å². The fourth-order valence-electron chi connectivity index (χ4n) is 2.20. The van der Waals surface area contributed by atoms with Gasteiger partial charge in [0.1, 0.15) is 11.5 Å². The van der Waals surface area contributed by atoms with Gasteiger partial charge < -0.3 is 5.32 Å². The summed E-state index contributed by atoms with van der Waals surface area (Å²) in [5.41, 5.74) is 2.34. The molecule has 0 atom stereocenters. The first-order valence-electron chi connectivity index (χ1n) is 6.22. The molecule has 0 aliphatic rings. The third-order valence-corrected chi connectivity index (χ3v) is 3.25. The van der Waals surface area contributed by atoms with E-state index in [1.165, 1.54) is 6.07 Å². The SMILES string of the molecule is CNCc1cnn(-c2c(F)cccc2Cl)c1C(C)C. The Morgan fingerprint density at radius 2 is 2.16 bits per heavy atom. The van der Waals surface area contributed by atoms with Gasteiger partial charge in [-0.05, 0) is 25.1 Å². The Hall–Kier alpha value is -1.39. The fraction of sp³-hybridized carbons (Fsp3) is 0.357. The van der Waals surface area contributed by atoms with E-state index in [0.717, 1.165) is 11.3 Å². The van der Waals surface area contributed by atoms with E-state index < -0.39 is 0 Å². The summed E-state index contributed by atoms with van der Waals surface area (Å²) in [6, 6.07) is 4.66. The Morgan fingerprint density at radius 1 is 1.42 bits per heavy atom. The van der Waals surface area contributed by atoms with Crippen LogP contribution in [0.1, 0.15) is 31.0 Å². The van der Waals surface area contributed by atoms with Gasteiger partial charge in [0.25, 0.3) is 0 Å². The molecule has 1 aromatic heterocycles. The lowest BCUT2D eigenvalue weighted by atomic mass is 10.1. The Bertz CT molecular complexity index is 558. The van der Waals surface area contributed by atoms with Crippen molar-refractivity contribution in [3.8, 4) is 5.69 Å². The van der Waals surface area contributed by atoms with Gasteiger partial charge in [0, 0.05) is 12.1 Å². The van der Waals surface area contributed by atoms with Crippen LogP contribution in [-0.2, 0) is 6.54 Å². The zero-order valence-corrected chi connectivity index (χ0v) is 12.0. The van der Waals surface area contributed by atoms with Crippen molar-refractivity contribution >= 4 is 11.6 Å². The van der Waals surface area contributed by atoms with Crippen LogP contribution in [0.15, 0.2) is 24.4 Å². The monoisotopic (exact) mass is 281 g/mol. The molecule has 1 aromatic carbocycles. The van der Waals surface area contributed by atoms with Crippen molar-refractivity contribution < 1.29 is 4.39 Å². The summed E-state index contributed by atoms with van der Waals surface area (Å²) in [4.78, 5) is 0. The number of rotatable bonds is 4. The maximum Gasteiger partial charge on any atom is 0.150 e. The quantitative estimate of drug-likeness (QED) is 0.929. The van der Waals surface area contributed by atoms with E-state index in [4.69, 9.17) is 11.6 Å².